The number of hydrogen-bond acceptors (Lipinski definition) is 2. The molecule has 0 aliphatic heterocycles. The van der Waals surface area contributed by atoms with Crippen LogP contribution in [-0.4, -0.2) is 11.5 Å². The SMILES string of the molecule is C=C(C)CNc1ccc(Br)cn1. The largest absolute Gasteiger partial charge is 0.366 e. The minimum Gasteiger partial charge on any atom is -0.366 e. The molecule has 1 heterocycles. The van der Waals surface area contributed by atoms with Crippen molar-refractivity contribution in [2.75, 3.05) is 11.9 Å². The Labute approximate surface area is 80.8 Å². The first-order valence-corrected chi connectivity index (χ1v) is 4.47. The van der Waals surface area contributed by atoms with Gasteiger partial charge in [0.25, 0.3) is 0 Å². The highest BCUT2D eigenvalue weighted by Crippen LogP contribution is 2.10. The third-order valence-electron chi connectivity index (χ3n) is 1.30. The quantitative estimate of drug-likeness (QED) is 0.803. The van der Waals surface area contributed by atoms with E-state index in [4.69, 9.17) is 0 Å². The summed E-state index contributed by atoms with van der Waals surface area (Å²) in [6.07, 6.45) is 1.76. The highest BCUT2D eigenvalue weighted by molar-refractivity contribution is 9.10. The van der Waals surface area contributed by atoms with Gasteiger partial charge in [0.05, 0.1) is 0 Å². The van der Waals surface area contributed by atoms with E-state index in [0.717, 1.165) is 22.4 Å². The number of anilines is 1. The molecule has 0 amide bonds. The summed E-state index contributed by atoms with van der Waals surface area (Å²) in [5.74, 6) is 0.876. The normalized spacial score (nSPS) is 9.50. The third kappa shape index (κ3) is 3.05. The van der Waals surface area contributed by atoms with Crippen LogP contribution in [0.3, 0.4) is 0 Å². The maximum atomic E-state index is 4.15. The van der Waals surface area contributed by atoms with Crippen LogP contribution in [0.15, 0.2) is 35.0 Å². The van der Waals surface area contributed by atoms with Gasteiger partial charge in [0.15, 0.2) is 0 Å². The predicted octanol–water partition coefficient (Wildman–Crippen LogP) is 2.83. The van der Waals surface area contributed by atoms with Crippen molar-refractivity contribution >= 4 is 21.7 Å². The van der Waals surface area contributed by atoms with Crippen LogP contribution >= 0.6 is 15.9 Å². The molecule has 0 fully saturated rings. The number of nitrogens with zero attached hydrogens (tertiary/aromatic N) is 1. The number of rotatable bonds is 3. The molecule has 0 aliphatic carbocycles. The number of nitrogens with one attached hydrogen (secondary N) is 1. The second-order valence-electron chi connectivity index (χ2n) is 2.67. The van der Waals surface area contributed by atoms with E-state index in [2.05, 4.69) is 32.8 Å². The number of hydrogen-bond donors (Lipinski definition) is 1. The minimum absolute atomic E-state index is 0.772. The molecule has 0 aromatic carbocycles. The molecule has 0 radical (unpaired) electrons. The molecule has 3 heteroatoms. The zero-order valence-electron chi connectivity index (χ0n) is 6.97. The van der Waals surface area contributed by atoms with Crippen molar-refractivity contribution in [2.45, 2.75) is 6.92 Å². The molecule has 2 nitrogen and oxygen atoms in total. The van der Waals surface area contributed by atoms with Gasteiger partial charge in [-0.3, -0.25) is 0 Å². The van der Waals surface area contributed by atoms with Crippen LogP contribution in [0.1, 0.15) is 6.92 Å². The van der Waals surface area contributed by atoms with Crippen LogP contribution in [0.5, 0.6) is 0 Å². The van der Waals surface area contributed by atoms with Crippen molar-refractivity contribution in [3.8, 4) is 0 Å². The Morgan fingerprint density at radius 2 is 2.42 bits per heavy atom. The first kappa shape index (κ1) is 9.26. The van der Waals surface area contributed by atoms with Gasteiger partial charge < -0.3 is 5.32 Å². The smallest absolute Gasteiger partial charge is 0.126 e. The van der Waals surface area contributed by atoms with Gasteiger partial charge in [-0.2, -0.15) is 0 Å². The molecule has 0 saturated carbocycles. The molecule has 64 valence electrons. The van der Waals surface area contributed by atoms with Gasteiger partial charge >= 0.3 is 0 Å². The van der Waals surface area contributed by atoms with E-state index < -0.39 is 0 Å². The lowest BCUT2D eigenvalue weighted by Gasteiger charge is -2.03. The van der Waals surface area contributed by atoms with Gasteiger partial charge in [0.1, 0.15) is 5.82 Å². The maximum Gasteiger partial charge on any atom is 0.126 e. The number of halogens is 1. The van der Waals surface area contributed by atoms with Crippen LogP contribution in [0, 0.1) is 0 Å². The maximum absolute atomic E-state index is 4.15. The molecular weight excluding hydrogens is 216 g/mol. The molecule has 1 aromatic rings. The Kier molecular flexibility index (Phi) is 3.29. The molecule has 1 rings (SSSR count). The first-order valence-electron chi connectivity index (χ1n) is 3.68. The van der Waals surface area contributed by atoms with Gasteiger partial charge in [-0.25, -0.2) is 4.98 Å². The second-order valence-corrected chi connectivity index (χ2v) is 3.59. The fraction of sp³-hybridized carbons (Fsp3) is 0.222. The highest BCUT2D eigenvalue weighted by atomic mass is 79.9. The highest BCUT2D eigenvalue weighted by Gasteiger charge is 1.91. The van der Waals surface area contributed by atoms with Crippen LogP contribution in [0.4, 0.5) is 5.82 Å². The molecule has 0 bridgehead atoms. The Morgan fingerprint density at radius 1 is 1.67 bits per heavy atom. The fourth-order valence-corrected chi connectivity index (χ4v) is 0.956. The van der Waals surface area contributed by atoms with Crippen LogP contribution in [-0.2, 0) is 0 Å². The van der Waals surface area contributed by atoms with E-state index in [9.17, 15) is 0 Å². The van der Waals surface area contributed by atoms with Gasteiger partial charge in [-0.1, -0.05) is 12.2 Å². The number of aromatic nitrogens is 1. The summed E-state index contributed by atoms with van der Waals surface area (Å²) < 4.78 is 0.989. The van der Waals surface area contributed by atoms with Gasteiger partial charge in [0, 0.05) is 17.2 Å². The van der Waals surface area contributed by atoms with Crippen molar-refractivity contribution in [1.29, 1.82) is 0 Å². The van der Waals surface area contributed by atoms with E-state index in [1.165, 1.54) is 0 Å². The lowest BCUT2D eigenvalue weighted by molar-refractivity contribution is 1.16. The first-order chi connectivity index (χ1) is 5.68. The minimum atomic E-state index is 0.772. The molecule has 0 aliphatic rings. The average Bonchev–Trinajstić information content (AvgIpc) is 2.03. The summed E-state index contributed by atoms with van der Waals surface area (Å²) in [5, 5.41) is 3.14. The summed E-state index contributed by atoms with van der Waals surface area (Å²) in [5.41, 5.74) is 1.10. The molecule has 0 unspecified atom stereocenters. The van der Waals surface area contributed by atoms with Gasteiger partial charge in [0.2, 0.25) is 0 Å². The van der Waals surface area contributed by atoms with Crippen molar-refractivity contribution in [1.82, 2.24) is 4.98 Å². The van der Waals surface area contributed by atoms with Gasteiger partial charge in [-0.15, -0.1) is 0 Å². The Bertz CT molecular complexity index is 266. The topological polar surface area (TPSA) is 24.9 Å². The molecule has 1 N–H and O–H groups in total. The zero-order valence-corrected chi connectivity index (χ0v) is 8.56. The van der Waals surface area contributed by atoms with Crippen LogP contribution in [0.25, 0.3) is 0 Å². The summed E-state index contributed by atoms with van der Waals surface area (Å²) in [4.78, 5) is 4.15. The molecule has 12 heavy (non-hydrogen) atoms. The van der Waals surface area contributed by atoms with E-state index in [1.54, 1.807) is 6.20 Å². The molecule has 0 atom stereocenters. The van der Waals surface area contributed by atoms with E-state index in [1.807, 2.05) is 19.1 Å². The molecule has 1 aromatic heterocycles. The lowest BCUT2D eigenvalue weighted by Crippen LogP contribution is -2.02. The van der Waals surface area contributed by atoms with Gasteiger partial charge in [-0.05, 0) is 35.0 Å². The Balaban J connectivity index is 2.53. The monoisotopic (exact) mass is 226 g/mol. The average molecular weight is 227 g/mol. The Hall–Kier alpha value is -0.830. The molecular formula is C9H11BrN2. The Morgan fingerprint density at radius 3 is 2.92 bits per heavy atom. The third-order valence-corrected chi connectivity index (χ3v) is 1.77. The summed E-state index contributed by atoms with van der Waals surface area (Å²) in [6.45, 7) is 6.54. The zero-order chi connectivity index (χ0) is 8.97. The van der Waals surface area contributed by atoms with Crippen molar-refractivity contribution < 1.29 is 0 Å². The van der Waals surface area contributed by atoms with Crippen molar-refractivity contribution in [3.05, 3.63) is 35.0 Å². The van der Waals surface area contributed by atoms with E-state index >= 15 is 0 Å². The fourth-order valence-electron chi connectivity index (χ4n) is 0.722. The standard InChI is InChI=1S/C9H11BrN2/c1-7(2)5-11-9-4-3-8(10)6-12-9/h3-4,6H,1,5H2,2H3,(H,11,12). The molecule has 0 spiro atoms. The van der Waals surface area contributed by atoms with E-state index in [0.29, 0.717) is 0 Å². The summed E-state index contributed by atoms with van der Waals surface area (Å²) in [6, 6.07) is 3.88. The van der Waals surface area contributed by atoms with Crippen LogP contribution in [0.2, 0.25) is 0 Å². The summed E-state index contributed by atoms with van der Waals surface area (Å²) >= 11 is 3.32. The number of pyridine rings is 1. The molecule has 0 saturated heterocycles. The second kappa shape index (κ2) is 4.26. The summed E-state index contributed by atoms with van der Waals surface area (Å²) in [7, 11) is 0. The van der Waals surface area contributed by atoms with Crippen LogP contribution < -0.4 is 5.32 Å². The lowest BCUT2D eigenvalue weighted by atomic mass is 10.3. The van der Waals surface area contributed by atoms with E-state index in [-0.39, 0.29) is 0 Å². The van der Waals surface area contributed by atoms with Crippen molar-refractivity contribution in [3.63, 3.8) is 0 Å². The van der Waals surface area contributed by atoms with Crippen molar-refractivity contribution in [2.24, 2.45) is 0 Å². The predicted molar refractivity (Wildman–Crippen MR) is 55.2 cm³/mol.